The summed E-state index contributed by atoms with van der Waals surface area (Å²) in [5, 5.41) is 3.63. The van der Waals surface area contributed by atoms with Gasteiger partial charge in [0.25, 0.3) is 0 Å². The van der Waals surface area contributed by atoms with Gasteiger partial charge in [-0.1, -0.05) is 41.9 Å². The number of hydrogen-bond acceptors (Lipinski definition) is 2. The Morgan fingerprint density at radius 3 is 2.45 bits per heavy atom. The largest absolute Gasteiger partial charge is 0.316 e. The topological polar surface area (TPSA) is 12.0 Å². The maximum absolute atomic E-state index is 3.63. The van der Waals surface area contributed by atoms with E-state index in [4.69, 9.17) is 0 Å². The van der Waals surface area contributed by atoms with Crippen LogP contribution in [0, 0.1) is 11.8 Å². The molecule has 114 valence electrons. The van der Waals surface area contributed by atoms with Gasteiger partial charge >= 0.3 is 0 Å². The molecule has 0 saturated heterocycles. The third-order valence-corrected chi connectivity index (χ3v) is 4.61. The smallest absolute Gasteiger partial charge is 0.0175 e. The molecule has 0 heterocycles. The van der Waals surface area contributed by atoms with Crippen molar-refractivity contribution in [1.82, 2.24) is 5.32 Å². The molecule has 0 bridgehead atoms. The molecule has 20 heavy (non-hydrogen) atoms. The van der Waals surface area contributed by atoms with Gasteiger partial charge in [-0.2, -0.15) is 11.8 Å². The highest BCUT2D eigenvalue weighted by atomic mass is 79.9. The van der Waals surface area contributed by atoms with Crippen LogP contribution in [0.1, 0.15) is 32.3 Å². The Hall–Kier alpha value is 0.01000. The summed E-state index contributed by atoms with van der Waals surface area (Å²) < 4.78 is 1.16. The highest BCUT2D eigenvalue weighted by Crippen LogP contribution is 2.17. The minimum Gasteiger partial charge on any atom is -0.316 e. The highest BCUT2D eigenvalue weighted by molar-refractivity contribution is 9.10. The molecule has 0 saturated carbocycles. The first kappa shape index (κ1) is 18.1. The summed E-state index contributed by atoms with van der Waals surface area (Å²) >= 11 is 5.46. The fraction of sp³-hybridized carbons (Fsp3) is 0.647. The summed E-state index contributed by atoms with van der Waals surface area (Å²) in [7, 11) is 0. The van der Waals surface area contributed by atoms with Crippen molar-refractivity contribution in [1.29, 1.82) is 0 Å². The standard InChI is InChI=1S/C17H28BrNS/c1-14(2)12-19-13-16(5-4-10-20-3)11-15-6-8-17(18)9-7-15/h6-9,14,16,19H,4-5,10-13H2,1-3H3. The summed E-state index contributed by atoms with van der Waals surface area (Å²) in [6.07, 6.45) is 6.03. The second-order valence-electron chi connectivity index (χ2n) is 5.88. The van der Waals surface area contributed by atoms with E-state index in [1.54, 1.807) is 0 Å². The van der Waals surface area contributed by atoms with Crippen molar-refractivity contribution in [3.8, 4) is 0 Å². The van der Waals surface area contributed by atoms with E-state index in [9.17, 15) is 0 Å². The maximum atomic E-state index is 3.63. The molecule has 0 radical (unpaired) electrons. The zero-order valence-corrected chi connectivity index (χ0v) is 15.4. The lowest BCUT2D eigenvalue weighted by Gasteiger charge is -2.18. The molecule has 1 aromatic carbocycles. The first-order valence-electron chi connectivity index (χ1n) is 7.56. The van der Waals surface area contributed by atoms with E-state index in [0.717, 1.165) is 29.4 Å². The first-order valence-corrected chi connectivity index (χ1v) is 9.74. The zero-order chi connectivity index (χ0) is 14.8. The van der Waals surface area contributed by atoms with Crippen LogP contribution in [0.4, 0.5) is 0 Å². The van der Waals surface area contributed by atoms with Crippen LogP contribution in [-0.2, 0) is 6.42 Å². The molecule has 0 amide bonds. The van der Waals surface area contributed by atoms with E-state index in [1.807, 2.05) is 11.8 Å². The van der Waals surface area contributed by atoms with Crippen LogP contribution in [0.5, 0.6) is 0 Å². The van der Waals surface area contributed by atoms with E-state index in [2.05, 4.69) is 65.6 Å². The third-order valence-electron chi connectivity index (χ3n) is 3.38. The predicted molar refractivity (Wildman–Crippen MR) is 96.7 cm³/mol. The van der Waals surface area contributed by atoms with Crippen LogP contribution >= 0.6 is 27.7 Å². The van der Waals surface area contributed by atoms with Gasteiger partial charge in [-0.05, 0) is 73.9 Å². The van der Waals surface area contributed by atoms with Crippen molar-refractivity contribution in [3.05, 3.63) is 34.3 Å². The van der Waals surface area contributed by atoms with E-state index in [-0.39, 0.29) is 0 Å². The first-order chi connectivity index (χ1) is 9.61. The molecular weight excluding hydrogens is 330 g/mol. The van der Waals surface area contributed by atoms with Crippen molar-refractivity contribution >= 4 is 27.7 Å². The van der Waals surface area contributed by atoms with Gasteiger partial charge in [0.2, 0.25) is 0 Å². The van der Waals surface area contributed by atoms with Crippen LogP contribution in [0.2, 0.25) is 0 Å². The zero-order valence-electron chi connectivity index (χ0n) is 13.0. The van der Waals surface area contributed by atoms with Crippen LogP contribution in [0.25, 0.3) is 0 Å². The molecule has 3 heteroatoms. The van der Waals surface area contributed by atoms with E-state index >= 15 is 0 Å². The van der Waals surface area contributed by atoms with Gasteiger partial charge in [-0.15, -0.1) is 0 Å². The molecule has 0 fully saturated rings. The molecule has 1 unspecified atom stereocenters. The molecular formula is C17H28BrNS. The fourth-order valence-corrected chi connectivity index (χ4v) is 3.04. The van der Waals surface area contributed by atoms with Crippen LogP contribution in [0.3, 0.4) is 0 Å². The Morgan fingerprint density at radius 2 is 1.85 bits per heavy atom. The molecule has 1 atom stereocenters. The average Bonchev–Trinajstić information content (AvgIpc) is 2.41. The Morgan fingerprint density at radius 1 is 1.15 bits per heavy atom. The number of nitrogens with one attached hydrogen (secondary N) is 1. The lowest BCUT2D eigenvalue weighted by Crippen LogP contribution is -2.27. The number of halogens is 1. The lowest BCUT2D eigenvalue weighted by atomic mass is 9.95. The van der Waals surface area contributed by atoms with Crippen molar-refractivity contribution in [2.24, 2.45) is 11.8 Å². The summed E-state index contributed by atoms with van der Waals surface area (Å²) in [5.74, 6) is 2.76. The molecule has 0 spiro atoms. The Bertz CT molecular complexity index is 351. The Balaban J connectivity index is 2.45. The molecule has 1 nitrogen and oxygen atoms in total. The van der Waals surface area contributed by atoms with E-state index < -0.39 is 0 Å². The SMILES string of the molecule is CSCCCC(CNCC(C)C)Cc1ccc(Br)cc1. The van der Waals surface area contributed by atoms with Crippen LogP contribution in [0.15, 0.2) is 28.7 Å². The highest BCUT2D eigenvalue weighted by Gasteiger charge is 2.10. The van der Waals surface area contributed by atoms with Crippen LogP contribution in [-0.4, -0.2) is 25.1 Å². The predicted octanol–water partition coefficient (Wildman–Crippen LogP) is 5.00. The molecule has 1 rings (SSSR count). The normalized spacial score (nSPS) is 12.8. The van der Waals surface area contributed by atoms with Gasteiger partial charge in [0.05, 0.1) is 0 Å². The molecule has 0 aliphatic heterocycles. The molecule has 0 aromatic heterocycles. The number of thioether (sulfide) groups is 1. The van der Waals surface area contributed by atoms with Gasteiger partial charge in [0.1, 0.15) is 0 Å². The second-order valence-corrected chi connectivity index (χ2v) is 7.79. The van der Waals surface area contributed by atoms with Gasteiger partial charge in [-0.25, -0.2) is 0 Å². The lowest BCUT2D eigenvalue weighted by molar-refractivity contribution is 0.422. The van der Waals surface area contributed by atoms with Gasteiger partial charge in [0.15, 0.2) is 0 Å². The van der Waals surface area contributed by atoms with Gasteiger partial charge in [0, 0.05) is 4.47 Å². The van der Waals surface area contributed by atoms with Crippen LogP contribution < -0.4 is 5.32 Å². The van der Waals surface area contributed by atoms with Gasteiger partial charge in [-0.3, -0.25) is 0 Å². The molecule has 1 aromatic rings. The summed E-state index contributed by atoms with van der Waals surface area (Å²) in [6.45, 7) is 6.80. The summed E-state index contributed by atoms with van der Waals surface area (Å²) in [5.41, 5.74) is 1.45. The van der Waals surface area contributed by atoms with Gasteiger partial charge < -0.3 is 5.32 Å². The Kier molecular flexibility index (Phi) is 9.66. The summed E-state index contributed by atoms with van der Waals surface area (Å²) in [6, 6.07) is 8.79. The Labute approximate surface area is 137 Å². The van der Waals surface area contributed by atoms with Crippen molar-refractivity contribution in [3.63, 3.8) is 0 Å². The molecule has 1 N–H and O–H groups in total. The second kappa shape index (κ2) is 10.7. The number of rotatable bonds is 10. The minimum absolute atomic E-state index is 0.731. The van der Waals surface area contributed by atoms with Crippen molar-refractivity contribution < 1.29 is 0 Å². The number of benzene rings is 1. The fourth-order valence-electron chi connectivity index (χ4n) is 2.32. The molecule has 0 aliphatic rings. The number of hydrogen-bond donors (Lipinski definition) is 1. The monoisotopic (exact) mass is 357 g/mol. The molecule has 0 aliphatic carbocycles. The van der Waals surface area contributed by atoms with E-state index in [1.165, 1.54) is 30.6 Å². The van der Waals surface area contributed by atoms with Crippen molar-refractivity contribution in [2.75, 3.05) is 25.1 Å². The average molecular weight is 358 g/mol. The maximum Gasteiger partial charge on any atom is 0.0175 e. The van der Waals surface area contributed by atoms with E-state index in [0.29, 0.717) is 0 Å². The minimum atomic E-state index is 0.731. The van der Waals surface area contributed by atoms with Crippen molar-refractivity contribution in [2.45, 2.75) is 33.1 Å². The third kappa shape index (κ3) is 8.33. The quantitative estimate of drug-likeness (QED) is 0.591. The summed E-state index contributed by atoms with van der Waals surface area (Å²) in [4.78, 5) is 0.